The molecular weight excluding hydrogens is 320 g/mol. The maximum atomic E-state index is 10.7. The van der Waals surface area contributed by atoms with Crippen LogP contribution in [-0.4, -0.2) is 30.8 Å². The van der Waals surface area contributed by atoms with Crippen LogP contribution >= 0.6 is 0 Å². The van der Waals surface area contributed by atoms with Crippen molar-refractivity contribution in [3.63, 3.8) is 0 Å². The molecule has 0 aliphatic heterocycles. The van der Waals surface area contributed by atoms with Gasteiger partial charge >= 0.3 is 5.97 Å². The minimum absolute atomic E-state index is 0.377. The summed E-state index contributed by atoms with van der Waals surface area (Å²) in [7, 11) is 1.64. The van der Waals surface area contributed by atoms with E-state index in [1.807, 2.05) is 48.5 Å². The third kappa shape index (κ3) is 6.10. The molecule has 0 spiro atoms. The molecule has 0 aromatic heterocycles. The van der Waals surface area contributed by atoms with E-state index in [4.69, 9.17) is 20.3 Å². The molecule has 0 aliphatic rings. The molecule has 0 bridgehead atoms. The number of carbonyl (C=O) groups is 1. The number of aliphatic carboxylic acids is 1. The lowest BCUT2D eigenvalue weighted by Gasteiger charge is -2.13. The van der Waals surface area contributed by atoms with Crippen LogP contribution in [-0.2, 0) is 17.9 Å². The predicted octanol–water partition coefficient (Wildman–Crippen LogP) is 2.17. The Kier molecular flexibility index (Phi) is 7.25. The van der Waals surface area contributed by atoms with Crippen molar-refractivity contribution < 1.29 is 19.4 Å². The monoisotopic (exact) mass is 344 g/mol. The summed E-state index contributed by atoms with van der Waals surface area (Å²) in [5.74, 6) is 0.606. The molecule has 0 heterocycles. The number of carboxylic acid groups (broad SMARTS) is 1. The number of carboxylic acids is 1. The third-order valence-corrected chi connectivity index (χ3v) is 3.77. The number of nitrogens with one attached hydrogen (secondary N) is 1. The van der Waals surface area contributed by atoms with E-state index in [-0.39, 0.29) is 0 Å². The molecule has 0 saturated carbocycles. The Hall–Kier alpha value is -2.57. The van der Waals surface area contributed by atoms with E-state index >= 15 is 0 Å². The highest BCUT2D eigenvalue weighted by atomic mass is 16.5. The summed E-state index contributed by atoms with van der Waals surface area (Å²) in [6.45, 7) is 1.55. The van der Waals surface area contributed by atoms with Gasteiger partial charge in [0.15, 0.2) is 0 Å². The van der Waals surface area contributed by atoms with Crippen molar-refractivity contribution in [3.05, 3.63) is 59.7 Å². The van der Waals surface area contributed by atoms with Gasteiger partial charge in [-0.05, 0) is 36.7 Å². The van der Waals surface area contributed by atoms with Crippen molar-refractivity contribution in [2.45, 2.75) is 25.6 Å². The Labute approximate surface area is 147 Å². The number of rotatable bonds is 10. The zero-order chi connectivity index (χ0) is 18.1. The van der Waals surface area contributed by atoms with E-state index in [2.05, 4.69) is 5.32 Å². The second kappa shape index (κ2) is 9.66. The van der Waals surface area contributed by atoms with E-state index in [1.54, 1.807) is 7.11 Å². The van der Waals surface area contributed by atoms with Crippen LogP contribution in [0.15, 0.2) is 48.5 Å². The molecule has 0 radical (unpaired) electrons. The minimum atomic E-state index is -0.983. The molecule has 25 heavy (non-hydrogen) atoms. The van der Waals surface area contributed by atoms with Gasteiger partial charge in [-0.2, -0.15) is 0 Å². The molecule has 0 saturated heterocycles. The zero-order valence-corrected chi connectivity index (χ0v) is 14.3. The van der Waals surface area contributed by atoms with Gasteiger partial charge in [-0.25, -0.2) is 0 Å². The highest BCUT2D eigenvalue weighted by Crippen LogP contribution is 2.20. The predicted molar refractivity (Wildman–Crippen MR) is 95.7 cm³/mol. The summed E-state index contributed by atoms with van der Waals surface area (Å²) in [5.41, 5.74) is 7.52. The zero-order valence-electron chi connectivity index (χ0n) is 14.3. The molecule has 6 nitrogen and oxygen atoms in total. The number of ether oxygens (including phenoxy) is 2. The Morgan fingerprint density at radius 1 is 1.24 bits per heavy atom. The van der Waals surface area contributed by atoms with Crippen LogP contribution < -0.4 is 20.5 Å². The Balaban J connectivity index is 1.88. The van der Waals surface area contributed by atoms with Crippen molar-refractivity contribution in [1.82, 2.24) is 5.32 Å². The molecule has 0 aliphatic carbocycles. The summed E-state index contributed by atoms with van der Waals surface area (Å²) in [6.07, 6.45) is 0.377. The van der Waals surface area contributed by atoms with E-state index in [0.29, 0.717) is 26.1 Å². The quantitative estimate of drug-likeness (QED) is 0.572. The van der Waals surface area contributed by atoms with Gasteiger partial charge in [0, 0.05) is 12.1 Å². The standard InChI is InChI=1S/C19H24N2O4/c1-24-16-7-4-5-14(11-16)13-25-18-8-3-2-6-15(18)12-21-10-9-17(20)19(22)23/h2-8,11,17,21H,9-10,12-13,20H2,1H3,(H,22,23). The third-order valence-electron chi connectivity index (χ3n) is 3.77. The maximum Gasteiger partial charge on any atom is 0.320 e. The van der Waals surface area contributed by atoms with Crippen LogP contribution in [0.2, 0.25) is 0 Å². The number of hydrogen-bond donors (Lipinski definition) is 3. The molecule has 4 N–H and O–H groups in total. The summed E-state index contributed by atoms with van der Waals surface area (Å²) in [6, 6.07) is 14.7. The van der Waals surface area contributed by atoms with E-state index in [9.17, 15) is 4.79 Å². The summed E-state index contributed by atoms with van der Waals surface area (Å²) in [4.78, 5) is 10.7. The van der Waals surface area contributed by atoms with Crippen molar-refractivity contribution in [2.24, 2.45) is 5.73 Å². The fraction of sp³-hybridized carbons (Fsp3) is 0.316. The van der Waals surface area contributed by atoms with Crippen LogP contribution in [0.1, 0.15) is 17.5 Å². The SMILES string of the molecule is COc1cccc(COc2ccccc2CNCCC(N)C(=O)O)c1. The molecule has 2 aromatic carbocycles. The molecule has 0 amide bonds. The largest absolute Gasteiger partial charge is 0.497 e. The fourth-order valence-corrected chi connectivity index (χ4v) is 2.32. The minimum Gasteiger partial charge on any atom is -0.497 e. The highest BCUT2D eigenvalue weighted by Gasteiger charge is 2.10. The molecule has 6 heteroatoms. The molecular formula is C19H24N2O4. The van der Waals surface area contributed by atoms with Crippen LogP contribution in [0.4, 0.5) is 0 Å². The van der Waals surface area contributed by atoms with Gasteiger partial charge < -0.3 is 25.6 Å². The number of benzene rings is 2. The van der Waals surface area contributed by atoms with Gasteiger partial charge in [-0.15, -0.1) is 0 Å². The smallest absolute Gasteiger partial charge is 0.320 e. The van der Waals surface area contributed by atoms with Crippen molar-refractivity contribution in [1.29, 1.82) is 0 Å². The van der Waals surface area contributed by atoms with Crippen molar-refractivity contribution >= 4 is 5.97 Å². The van der Waals surface area contributed by atoms with Crippen LogP contribution in [0.3, 0.4) is 0 Å². The van der Waals surface area contributed by atoms with Crippen molar-refractivity contribution in [2.75, 3.05) is 13.7 Å². The number of methoxy groups -OCH3 is 1. The average Bonchev–Trinajstić information content (AvgIpc) is 2.64. The second-order valence-electron chi connectivity index (χ2n) is 5.66. The molecule has 1 unspecified atom stereocenters. The Morgan fingerprint density at radius 3 is 2.80 bits per heavy atom. The van der Waals surface area contributed by atoms with Crippen molar-refractivity contribution in [3.8, 4) is 11.5 Å². The second-order valence-corrected chi connectivity index (χ2v) is 5.66. The Morgan fingerprint density at radius 2 is 2.04 bits per heavy atom. The van der Waals surface area contributed by atoms with Crippen LogP contribution in [0.5, 0.6) is 11.5 Å². The topological polar surface area (TPSA) is 93.8 Å². The Bertz CT molecular complexity index is 691. The number of nitrogens with two attached hydrogens (primary N) is 1. The van der Waals surface area contributed by atoms with E-state index < -0.39 is 12.0 Å². The van der Waals surface area contributed by atoms with Crippen LogP contribution in [0.25, 0.3) is 0 Å². The molecule has 1 atom stereocenters. The van der Waals surface area contributed by atoms with E-state index in [0.717, 1.165) is 22.6 Å². The summed E-state index contributed by atoms with van der Waals surface area (Å²) < 4.78 is 11.1. The first-order valence-electron chi connectivity index (χ1n) is 8.13. The fourth-order valence-electron chi connectivity index (χ4n) is 2.32. The first-order valence-corrected chi connectivity index (χ1v) is 8.13. The molecule has 2 aromatic rings. The number of hydrogen-bond acceptors (Lipinski definition) is 5. The van der Waals surface area contributed by atoms with Gasteiger partial charge in [0.1, 0.15) is 24.1 Å². The highest BCUT2D eigenvalue weighted by molar-refractivity contribution is 5.72. The van der Waals surface area contributed by atoms with E-state index in [1.165, 1.54) is 0 Å². The summed E-state index contributed by atoms with van der Waals surface area (Å²) >= 11 is 0. The summed E-state index contributed by atoms with van der Waals surface area (Å²) in [5, 5.41) is 12.0. The molecule has 134 valence electrons. The lowest BCUT2D eigenvalue weighted by Crippen LogP contribution is -2.33. The molecule has 0 fully saturated rings. The van der Waals surface area contributed by atoms with Gasteiger partial charge in [-0.3, -0.25) is 4.79 Å². The average molecular weight is 344 g/mol. The number of para-hydroxylation sites is 1. The van der Waals surface area contributed by atoms with Crippen LogP contribution in [0, 0.1) is 0 Å². The first kappa shape index (κ1) is 18.8. The van der Waals surface area contributed by atoms with Gasteiger partial charge in [-0.1, -0.05) is 30.3 Å². The molecule has 2 rings (SSSR count). The van der Waals surface area contributed by atoms with Gasteiger partial charge in [0.05, 0.1) is 7.11 Å². The normalized spacial score (nSPS) is 11.8. The first-order chi connectivity index (χ1) is 12.1. The van der Waals surface area contributed by atoms with Gasteiger partial charge in [0.2, 0.25) is 0 Å². The van der Waals surface area contributed by atoms with Gasteiger partial charge in [0.25, 0.3) is 0 Å². The lowest BCUT2D eigenvalue weighted by molar-refractivity contribution is -0.138. The lowest BCUT2D eigenvalue weighted by atomic mass is 10.2. The maximum absolute atomic E-state index is 10.7.